The van der Waals surface area contributed by atoms with Gasteiger partial charge in [0.2, 0.25) is 0 Å². The third kappa shape index (κ3) is 3.01. The molecule has 1 aromatic rings. The summed E-state index contributed by atoms with van der Waals surface area (Å²) in [6, 6.07) is 7.24. The van der Waals surface area contributed by atoms with Gasteiger partial charge in [-0.1, -0.05) is 6.07 Å². The number of anilines is 1. The van der Waals surface area contributed by atoms with Crippen molar-refractivity contribution < 1.29 is 0 Å². The van der Waals surface area contributed by atoms with Crippen molar-refractivity contribution in [1.29, 1.82) is 0 Å². The molecule has 17 heavy (non-hydrogen) atoms. The Bertz CT molecular complexity index is 381. The van der Waals surface area contributed by atoms with Crippen molar-refractivity contribution in [1.82, 2.24) is 0 Å². The van der Waals surface area contributed by atoms with Crippen LogP contribution in [0.1, 0.15) is 37.8 Å². The lowest BCUT2D eigenvalue weighted by Gasteiger charge is -2.29. The number of aryl methyl sites for hydroxylation is 1. The van der Waals surface area contributed by atoms with E-state index in [1.54, 1.807) is 0 Å². The molecule has 0 heterocycles. The molecule has 2 N–H and O–H groups in total. The van der Waals surface area contributed by atoms with E-state index in [0.29, 0.717) is 12.6 Å². The molecule has 1 fully saturated rings. The van der Waals surface area contributed by atoms with E-state index in [4.69, 9.17) is 5.73 Å². The first-order valence-corrected chi connectivity index (χ1v) is 6.68. The largest absolute Gasteiger partial charge is 0.369 e. The maximum Gasteiger partial charge on any atom is 0.0371 e. The molecule has 0 radical (unpaired) electrons. The molecular weight excluding hydrogens is 208 g/mol. The Kier molecular flexibility index (Phi) is 3.72. The van der Waals surface area contributed by atoms with Crippen LogP contribution in [0.25, 0.3) is 0 Å². The molecule has 0 atom stereocenters. The molecule has 1 saturated carbocycles. The third-order valence-electron chi connectivity index (χ3n) is 3.65. The molecule has 0 spiro atoms. The molecule has 1 aliphatic carbocycles. The number of rotatable bonds is 5. The van der Waals surface area contributed by atoms with E-state index in [1.165, 1.54) is 36.2 Å². The van der Waals surface area contributed by atoms with Crippen molar-refractivity contribution in [2.24, 2.45) is 11.7 Å². The van der Waals surface area contributed by atoms with Gasteiger partial charge in [-0.3, -0.25) is 0 Å². The van der Waals surface area contributed by atoms with Gasteiger partial charge in [-0.25, -0.2) is 0 Å². The van der Waals surface area contributed by atoms with Crippen LogP contribution in [0.5, 0.6) is 0 Å². The summed E-state index contributed by atoms with van der Waals surface area (Å²) >= 11 is 0. The Morgan fingerprint density at radius 1 is 1.35 bits per heavy atom. The summed E-state index contributed by atoms with van der Waals surface area (Å²) in [5, 5.41) is 0. The Hall–Kier alpha value is -1.02. The normalized spacial score (nSPS) is 15.4. The number of nitrogens with two attached hydrogens (primary N) is 1. The average molecular weight is 232 g/mol. The molecule has 2 rings (SSSR count). The standard InChI is InChI=1S/C15H24N2/c1-11(2)17(10-13-4-5-13)15-7-6-14(9-16)12(3)8-15/h6-8,11,13H,4-5,9-10,16H2,1-3H3. The maximum atomic E-state index is 5.71. The zero-order valence-corrected chi connectivity index (χ0v) is 11.2. The second-order valence-electron chi connectivity index (χ2n) is 5.50. The number of hydrogen-bond donors (Lipinski definition) is 1. The Morgan fingerprint density at radius 3 is 2.53 bits per heavy atom. The van der Waals surface area contributed by atoms with E-state index >= 15 is 0 Å². The molecule has 1 aliphatic rings. The van der Waals surface area contributed by atoms with E-state index < -0.39 is 0 Å². The van der Waals surface area contributed by atoms with Gasteiger partial charge < -0.3 is 10.6 Å². The first-order chi connectivity index (χ1) is 8.11. The van der Waals surface area contributed by atoms with E-state index in [-0.39, 0.29) is 0 Å². The first kappa shape index (κ1) is 12.4. The summed E-state index contributed by atoms with van der Waals surface area (Å²) in [5.74, 6) is 0.923. The molecule has 0 bridgehead atoms. The Labute approximate surface area is 105 Å². The molecule has 0 unspecified atom stereocenters. The van der Waals surface area contributed by atoms with Gasteiger partial charge in [0.15, 0.2) is 0 Å². The van der Waals surface area contributed by atoms with Crippen molar-refractivity contribution in [2.75, 3.05) is 11.4 Å². The number of nitrogens with zero attached hydrogens (tertiary/aromatic N) is 1. The predicted molar refractivity (Wildman–Crippen MR) is 74.3 cm³/mol. The first-order valence-electron chi connectivity index (χ1n) is 6.68. The van der Waals surface area contributed by atoms with Crippen LogP contribution in [0.3, 0.4) is 0 Å². The highest BCUT2D eigenvalue weighted by Crippen LogP contribution is 2.32. The van der Waals surface area contributed by atoms with Crippen molar-refractivity contribution in [3.05, 3.63) is 29.3 Å². The Morgan fingerprint density at radius 2 is 2.06 bits per heavy atom. The molecule has 0 saturated heterocycles. The lowest BCUT2D eigenvalue weighted by Crippen LogP contribution is -2.32. The van der Waals surface area contributed by atoms with E-state index in [9.17, 15) is 0 Å². The minimum atomic E-state index is 0.568. The quantitative estimate of drug-likeness (QED) is 0.845. The highest BCUT2D eigenvalue weighted by atomic mass is 15.2. The minimum Gasteiger partial charge on any atom is -0.369 e. The molecule has 94 valence electrons. The van der Waals surface area contributed by atoms with Crippen LogP contribution in [0.15, 0.2) is 18.2 Å². The summed E-state index contributed by atoms with van der Waals surface area (Å²) in [5.41, 5.74) is 9.63. The fourth-order valence-corrected chi connectivity index (χ4v) is 2.28. The van der Waals surface area contributed by atoms with Crippen LogP contribution < -0.4 is 10.6 Å². The Balaban J connectivity index is 2.19. The summed E-state index contributed by atoms with van der Waals surface area (Å²) in [6.07, 6.45) is 2.81. The highest BCUT2D eigenvalue weighted by molar-refractivity contribution is 5.51. The van der Waals surface area contributed by atoms with Crippen LogP contribution in [0, 0.1) is 12.8 Å². The molecule has 0 aromatic heterocycles. The zero-order chi connectivity index (χ0) is 12.4. The molecular formula is C15H24N2. The summed E-state index contributed by atoms with van der Waals surface area (Å²) in [6.45, 7) is 8.54. The van der Waals surface area contributed by atoms with Gasteiger partial charge in [0.1, 0.15) is 0 Å². The molecule has 2 nitrogen and oxygen atoms in total. The summed E-state index contributed by atoms with van der Waals surface area (Å²) < 4.78 is 0. The summed E-state index contributed by atoms with van der Waals surface area (Å²) in [4.78, 5) is 2.52. The van der Waals surface area contributed by atoms with E-state index in [1.807, 2.05) is 0 Å². The second-order valence-corrected chi connectivity index (χ2v) is 5.50. The van der Waals surface area contributed by atoms with Gasteiger partial charge >= 0.3 is 0 Å². The number of benzene rings is 1. The van der Waals surface area contributed by atoms with Crippen molar-refractivity contribution >= 4 is 5.69 Å². The molecule has 0 amide bonds. The van der Waals surface area contributed by atoms with Gasteiger partial charge in [-0.15, -0.1) is 0 Å². The van der Waals surface area contributed by atoms with Crippen LogP contribution in [0.4, 0.5) is 5.69 Å². The van der Waals surface area contributed by atoms with Crippen LogP contribution in [-0.4, -0.2) is 12.6 Å². The van der Waals surface area contributed by atoms with E-state index in [2.05, 4.69) is 43.9 Å². The van der Waals surface area contributed by atoms with Gasteiger partial charge in [0, 0.05) is 24.8 Å². The smallest absolute Gasteiger partial charge is 0.0371 e. The van der Waals surface area contributed by atoms with E-state index in [0.717, 1.165) is 5.92 Å². The van der Waals surface area contributed by atoms with Crippen LogP contribution >= 0.6 is 0 Å². The van der Waals surface area contributed by atoms with Crippen LogP contribution in [-0.2, 0) is 6.54 Å². The molecule has 1 aromatic carbocycles. The monoisotopic (exact) mass is 232 g/mol. The van der Waals surface area contributed by atoms with Crippen molar-refractivity contribution in [2.45, 2.75) is 46.2 Å². The van der Waals surface area contributed by atoms with Crippen molar-refractivity contribution in [3.63, 3.8) is 0 Å². The maximum absolute atomic E-state index is 5.71. The lowest BCUT2D eigenvalue weighted by molar-refractivity contribution is 0.644. The van der Waals surface area contributed by atoms with Crippen molar-refractivity contribution in [3.8, 4) is 0 Å². The van der Waals surface area contributed by atoms with Gasteiger partial charge in [-0.05, 0) is 62.8 Å². The summed E-state index contributed by atoms with van der Waals surface area (Å²) in [7, 11) is 0. The third-order valence-corrected chi connectivity index (χ3v) is 3.65. The zero-order valence-electron chi connectivity index (χ0n) is 11.2. The van der Waals surface area contributed by atoms with Gasteiger partial charge in [0.25, 0.3) is 0 Å². The molecule has 2 heteroatoms. The predicted octanol–water partition coefficient (Wildman–Crippen LogP) is 3.08. The number of hydrogen-bond acceptors (Lipinski definition) is 2. The topological polar surface area (TPSA) is 29.3 Å². The lowest BCUT2D eigenvalue weighted by atomic mass is 10.1. The van der Waals surface area contributed by atoms with Crippen LogP contribution in [0.2, 0.25) is 0 Å². The fraction of sp³-hybridized carbons (Fsp3) is 0.600. The SMILES string of the molecule is Cc1cc(N(CC2CC2)C(C)C)ccc1CN. The molecule has 0 aliphatic heterocycles. The average Bonchev–Trinajstić information content (AvgIpc) is 3.09. The fourth-order valence-electron chi connectivity index (χ4n) is 2.28. The van der Waals surface area contributed by atoms with Gasteiger partial charge in [-0.2, -0.15) is 0 Å². The second kappa shape index (κ2) is 5.09. The minimum absolute atomic E-state index is 0.568. The highest BCUT2D eigenvalue weighted by Gasteiger charge is 2.25. The van der Waals surface area contributed by atoms with Gasteiger partial charge in [0.05, 0.1) is 0 Å².